The zero-order valence-electron chi connectivity index (χ0n) is 15.0. The van der Waals surface area contributed by atoms with E-state index in [1.54, 1.807) is 6.20 Å². The van der Waals surface area contributed by atoms with Crippen LogP contribution in [0.2, 0.25) is 5.02 Å². The quantitative estimate of drug-likeness (QED) is 0.788. The molecule has 4 heterocycles. The van der Waals surface area contributed by atoms with Crippen LogP contribution >= 0.6 is 11.6 Å². The van der Waals surface area contributed by atoms with Gasteiger partial charge in [-0.3, -0.25) is 4.68 Å². The van der Waals surface area contributed by atoms with Crippen LogP contribution in [0.3, 0.4) is 0 Å². The number of hydrogen-bond donors (Lipinski definition) is 2. The first kappa shape index (κ1) is 17.4. The number of fused-ring (bicyclic) bond motifs is 3. The average Bonchev–Trinajstić information content (AvgIpc) is 2.95. The van der Waals surface area contributed by atoms with Crippen molar-refractivity contribution >= 4 is 29.1 Å². The summed E-state index contributed by atoms with van der Waals surface area (Å²) in [5, 5.41) is 11.8. The van der Waals surface area contributed by atoms with Gasteiger partial charge >= 0.3 is 0 Å². The summed E-state index contributed by atoms with van der Waals surface area (Å²) in [6, 6.07) is 0.315. The number of anilines is 3. The molecule has 1 unspecified atom stereocenters. The standard InChI is InChI=1S/C17H23ClN6O2/c1-10-7-19-15-13(18)8-20-17(22-15)21-14-11(2)24(23-16(14)26-9-10)12-3-5-25-6-4-12/h8,10,12H,3-7,9H2,1-2H3,(H2,19,20,21,22). The second kappa shape index (κ2) is 7.28. The number of ether oxygens (including phenoxy) is 2. The largest absolute Gasteiger partial charge is 0.475 e. The van der Waals surface area contributed by atoms with Crippen molar-refractivity contribution in [2.24, 2.45) is 5.92 Å². The summed E-state index contributed by atoms with van der Waals surface area (Å²) in [5.41, 5.74) is 1.81. The number of halogens is 1. The fraction of sp³-hybridized carbons (Fsp3) is 0.588. The van der Waals surface area contributed by atoms with E-state index in [1.807, 2.05) is 11.6 Å². The summed E-state index contributed by atoms with van der Waals surface area (Å²) in [4.78, 5) is 8.78. The molecule has 2 aliphatic rings. The molecule has 0 amide bonds. The highest BCUT2D eigenvalue weighted by Gasteiger charge is 2.25. The van der Waals surface area contributed by atoms with Crippen LogP contribution in [-0.2, 0) is 4.74 Å². The lowest BCUT2D eigenvalue weighted by molar-refractivity contribution is 0.0652. The Bertz CT molecular complexity index is 790. The Kier molecular flexibility index (Phi) is 4.86. The second-order valence-electron chi connectivity index (χ2n) is 6.87. The normalized spacial score (nSPS) is 21.0. The number of nitrogens with one attached hydrogen (secondary N) is 2. The van der Waals surface area contributed by atoms with Crippen LogP contribution in [0.4, 0.5) is 17.5 Å². The van der Waals surface area contributed by atoms with Gasteiger partial charge in [0.1, 0.15) is 10.7 Å². The predicted molar refractivity (Wildman–Crippen MR) is 99.5 cm³/mol. The van der Waals surface area contributed by atoms with Gasteiger partial charge in [0.05, 0.1) is 24.5 Å². The van der Waals surface area contributed by atoms with Gasteiger partial charge in [0.25, 0.3) is 5.88 Å². The molecule has 0 aromatic carbocycles. The van der Waals surface area contributed by atoms with Crippen molar-refractivity contribution < 1.29 is 9.47 Å². The minimum Gasteiger partial charge on any atom is -0.475 e. The summed E-state index contributed by atoms with van der Waals surface area (Å²) < 4.78 is 13.6. The molecule has 0 spiro atoms. The Balaban J connectivity index is 1.72. The number of aromatic nitrogens is 4. The molecule has 0 radical (unpaired) electrons. The smallest absolute Gasteiger partial charge is 0.257 e. The molecule has 1 fully saturated rings. The Morgan fingerprint density at radius 3 is 2.92 bits per heavy atom. The van der Waals surface area contributed by atoms with Crippen LogP contribution in [0.5, 0.6) is 5.88 Å². The van der Waals surface area contributed by atoms with Crippen molar-refractivity contribution in [3.8, 4) is 5.88 Å². The zero-order chi connectivity index (χ0) is 18.1. The van der Waals surface area contributed by atoms with Gasteiger partial charge in [-0.25, -0.2) is 4.98 Å². The summed E-state index contributed by atoms with van der Waals surface area (Å²) in [6.07, 6.45) is 3.49. The third-order valence-electron chi connectivity index (χ3n) is 4.76. The van der Waals surface area contributed by atoms with E-state index in [9.17, 15) is 0 Å². The third kappa shape index (κ3) is 3.43. The summed E-state index contributed by atoms with van der Waals surface area (Å²) >= 11 is 6.20. The van der Waals surface area contributed by atoms with Gasteiger partial charge in [0, 0.05) is 25.7 Å². The maximum absolute atomic E-state index is 6.20. The molecule has 9 heteroatoms. The van der Waals surface area contributed by atoms with E-state index in [1.165, 1.54) is 0 Å². The average molecular weight is 379 g/mol. The molecule has 2 bridgehead atoms. The SMILES string of the molecule is Cc1c2c(nn1C1CCOCC1)OCC(C)CNc1nc(ncc1Cl)N2. The molecule has 2 aliphatic heterocycles. The zero-order valence-corrected chi connectivity index (χ0v) is 15.7. The van der Waals surface area contributed by atoms with Gasteiger partial charge in [-0.05, 0) is 19.8 Å². The van der Waals surface area contributed by atoms with Crippen molar-refractivity contribution in [3.63, 3.8) is 0 Å². The van der Waals surface area contributed by atoms with Gasteiger partial charge in [-0.2, -0.15) is 4.98 Å². The third-order valence-corrected chi connectivity index (χ3v) is 5.03. The summed E-state index contributed by atoms with van der Waals surface area (Å²) in [7, 11) is 0. The minimum atomic E-state index is 0.268. The van der Waals surface area contributed by atoms with E-state index in [0.717, 1.165) is 37.4 Å². The van der Waals surface area contributed by atoms with E-state index in [-0.39, 0.29) is 5.92 Å². The van der Waals surface area contributed by atoms with Gasteiger partial charge in [0.2, 0.25) is 5.95 Å². The molecule has 140 valence electrons. The molecule has 2 aromatic heterocycles. The highest BCUT2D eigenvalue weighted by Crippen LogP contribution is 2.35. The highest BCUT2D eigenvalue weighted by atomic mass is 35.5. The van der Waals surface area contributed by atoms with Crippen LogP contribution in [-0.4, -0.2) is 46.1 Å². The molecule has 26 heavy (non-hydrogen) atoms. The molecule has 8 nitrogen and oxygen atoms in total. The fourth-order valence-corrected chi connectivity index (χ4v) is 3.39. The van der Waals surface area contributed by atoms with Gasteiger partial charge in [-0.1, -0.05) is 18.5 Å². The Morgan fingerprint density at radius 1 is 1.31 bits per heavy atom. The fourth-order valence-electron chi connectivity index (χ4n) is 3.24. The number of rotatable bonds is 1. The van der Waals surface area contributed by atoms with E-state index in [0.29, 0.717) is 41.9 Å². The Labute approximate surface area is 157 Å². The van der Waals surface area contributed by atoms with Crippen LogP contribution in [0.15, 0.2) is 6.20 Å². The van der Waals surface area contributed by atoms with Gasteiger partial charge in [-0.15, -0.1) is 5.10 Å². The lowest BCUT2D eigenvalue weighted by Crippen LogP contribution is -2.22. The van der Waals surface area contributed by atoms with Crippen molar-refractivity contribution in [1.29, 1.82) is 0 Å². The van der Waals surface area contributed by atoms with Crippen molar-refractivity contribution in [2.45, 2.75) is 32.7 Å². The van der Waals surface area contributed by atoms with E-state index in [4.69, 9.17) is 26.2 Å². The van der Waals surface area contributed by atoms with E-state index in [2.05, 4.69) is 27.5 Å². The highest BCUT2D eigenvalue weighted by molar-refractivity contribution is 6.32. The molecule has 1 saturated heterocycles. The van der Waals surface area contributed by atoms with Gasteiger partial charge in [0.15, 0.2) is 5.82 Å². The maximum Gasteiger partial charge on any atom is 0.257 e. The maximum atomic E-state index is 6.20. The molecule has 0 saturated carbocycles. The number of nitrogens with zero attached hydrogens (tertiary/aromatic N) is 4. The summed E-state index contributed by atoms with van der Waals surface area (Å²) in [6.45, 7) is 6.91. The first-order valence-electron chi connectivity index (χ1n) is 8.95. The monoisotopic (exact) mass is 378 g/mol. The van der Waals surface area contributed by atoms with Gasteiger partial charge < -0.3 is 20.1 Å². The molecule has 2 aromatic rings. The predicted octanol–water partition coefficient (Wildman–Crippen LogP) is 3.17. The van der Waals surface area contributed by atoms with Crippen LogP contribution in [0, 0.1) is 12.8 Å². The van der Waals surface area contributed by atoms with Crippen molar-refractivity contribution in [3.05, 3.63) is 16.9 Å². The minimum absolute atomic E-state index is 0.268. The Hall–Kier alpha value is -2.06. The molecule has 2 N–H and O–H groups in total. The van der Waals surface area contributed by atoms with Crippen molar-refractivity contribution in [1.82, 2.24) is 19.7 Å². The van der Waals surface area contributed by atoms with E-state index >= 15 is 0 Å². The molecule has 0 aliphatic carbocycles. The Morgan fingerprint density at radius 2 is 2.12 bits per heavy atom. The molecule has 4 rings (SSSR count). The first-order valence-corrected chi connectivity index (χ1v) is 9.32. The topological polar surface area (TPSA) is 86.1 Å². The summed E-state index contributed by atoms with van der Waals surface area (Å²) in [5.74, 6) is 1.94. The van der Waals surface area contributed by atoms with Crippen molar-refractivity contribution in [2.75, 3.05) is 37.0 Å². The van der Waals surface area contributed by atoms with E-state index < -0.39 is 0 Å². The van der Waals surface area contributed by atoms with Crippen LogP contribution in [0.1, 0.15) is 31.5 Å². The number of hydrogen-bond acceptors (Lipinski definition) is 7. The second-order valence-corrected chi connectivity index (χ2v) is 7.27. The lowest BCUT2D eigenvalue weighted by Gasteiger charge is -2.23. The molecule has 1 atom stereocenters. The first-order chi connectivity index (χ1) is 12.6. The van der Waals surface area contributed by atoms with Crippen LogP contribution < -0.4 is 15.4 Å². The van der Waals surface area contributed by atoms with Crippen LogP contribution in [0.25, 0.3) is 0 Å². The lowest BCUT2D eigenvalue weighted by atomic mass is 10.1. The molecular weight excluding hydrogens is 356 g/mol. The molecular formula is C17H23ClN6O2.